The van der Waals surface area contributed by atoms with E-state index in [-0.39, 0.29) is 18.4 Å². The third kappa shape index (κ3) is 2.79. The summed E-state index contributed by atoms with van der Waals surface area (Å²) in [6.45, 7) is 2.87. The van der Waals surface area contributed by atoms with Gasteiger partial charge in [-0.3, -0.25) is 4.90 Å². The summed E-state index contributed by atoms with van der Waals surface area (Å²) in [5, 5.41) is 20.4. The maximum atomic E-state index is 10.4. The fourth-order valence-electron chi connectivity index (χ4n) is 4.80. The number of aliphatic hydroxyl groups excluding tert-OH is 1. The molecule has 0 saturated carbocycles. The summed E-state index contributed by atoms with van der Waals surface area (Å²) in [5.41, 5.74) is 5.32. The van der Waals surface area contributed by atoms with Gasteiger partial charge in [0.1, 0.15) is 11.5 Å². The first-order valence-corrected chi connectivity index (χ1v) is 9.54. The average Bonchev–Trinajstić information content (AvgIpc) is 2.71. The number of fused-ring (bicyclic) bond motifs is 4. The molecule has 0 fully saturated rings. The molecule has 2 aromatic rings. The standard InChI is InChI=1S/C22H27NO5/c1-12-5-13-6-22(28-4)19(25)8-14(13)18-7-15-16(10-23(12)18)20(26-2)9-21(27-3)17(15)11-24/h6,8-9,12,18,24-25H,5,7,10-11H2,1-4H3/t12-,18?/m0/s1. The first-order valence-electron chi connectivity index (χ1n) is 9.54. The summed E-state index contributed by atoms with van der Waals surface area (Å²) in [7, 11) is 4.85. The second-order valence-electron chi connectivity index (χ2n) is 7.54. The maximum absolute atomic E-state index is 10.4. The van der Waals surface area contributed by atoms with Crippen molar-refractivity contribution in [2.24, 2.45) is 0 Å². The van der Waals surface area contributed by atoms with Crippen molar-refractivity contribution in [3.05, 3.63) is 46.0 Å². The highest BCUT2D eigenvalue weighted by molar-refractivity contribution is 5.56. The number of methoxy groups -OCH3 is 3. The molecule has 6 heteroatoms. The van der Waals surface area contributed by atoms with Gasteiger partial charge in [0.05, 0.1) is 27.9 Å². The second kappa shape index (κ2) is 7.18. The van der Waals surface area contributed by atoms with Crippen LogP contribution in [0.2, 0.25) is 0 Å². The van der Waals surface area contributed by atoms with Crippen LogP contribution in [0.15, 0.2) is 18.2 Å². The Hall–Kier alpha value is -2.44. The van der Waals surface area contributed by atoms with E-state index in [1.165, 1.54) is 5.56 Å². The molecule has 0 aliphatic carbocycles. The van der Waals surface area contributed by atoms with Crippen molar-refractivity contribution < 1.29 is 24.4 Å². The fourth-order valence-corrected chi connectivity index (χ4v) is 4.80. The molecule has 150 valence electrons. The van der Waals surface area contributed by atoms with E-state index in [1.807, 2.05) is 18.2 Å². The number of aromatic hydroxyl groups is 1. The molecule has 4 rings (SSSR count). The molecule has 0 saturated heterocycles. The minimum Gasteiger partial charge on any atom is -0.504 e. The van der Waals surface area contributed by atoms with Crippen molar-refractivity contribution in [3.63, 3.8) is 0 Å². The van der Waals surface area contributed by atoms with Crippen LogP contribution < -0.4 is 14.2 Å². The number of hydrogen-bond acceptors (Lipinski definition) is 6. The molecule has 2 aliphatic rings. The van der Waals surface area contributed by atoms with Crippen LogP contribution in [0, 0.1) is 0 Å². The van der Waals surface area contributed by atoms with Crippen LogP contribution in [0.1, 0.15) is 40.8 Å². The zero-order valence-electron chi connectivity index (χ0n) is 16.8. The minimum atomic E-state index is -0.0848. The Morgan fingerprint density at radius 1 is 0.964 bits per heavy atom. The molecule has 1 unspecified atom stereocenters. The van der Waals surface area contributed by atoms with E-state index in [4.69, 9.17) is 14.2 Å². The number of ether oxygens (including phenoxy) is 3. The minimum absolute atomic E-state index is 0.0848. The molecule has 6 nitrogen and oxygen atoms in total. The van der Waals surface area contributed by atoms with Crippen molar-refractivity contribution in [3.8, 4) is 23.0 Å². The Bertz CT molecular complexity index is 911. The number of aliphatic hydroxyl groups is 1. The monoisotopic (exact) mass is 385 g/mol. The number of phenolic OH excluding ortho intramolecular Hbond substituents is 1. The largest absolute Gasteiger partial charge is 0.504 e. The molecule has 2 aromatic carbocycles. The average molecular weight is 385 g/mol. The molecular weight excluding hydrogens is 358 g/mol. The smallest absolute Gasteiger partial charge is 0.160 e. The summed E-state index contributed by atoms with van der Waals surface area (Å²) < 4.78 is 16.5. The summed E-state index contributed by atoms with van der Waals surface area (Å²) in [6, 6.07) is 6.10. The first kappa shape index (κ1) is 18.9. The Morgan fingerprint density at radius 3 is 2.32 bits per heavy atom. The van der Waals surface area contributed by atoms with Crippen LogP contribution in [0.4, 0.5) is 0 Å². The third-order valence-electron chi connectivity index (χ3n) is 6.20. The normalized spacial score (nSPS) is 20.8. The van der Waals surface area contributed by atoms with Gasteiger partial charge in [0.15, 0.2) is 11.5 Å². The van der Waals surface area contributed by atoms with Crippen LogP contribution in [0.5, 0.6) is 23.0 Å². The van der Waals surface area contributed by atoms with E-state index in [1.54, 1.807) is 21.3 Å². The summed E-state index contributed by atoms with van der Waals surface area (Å²) in [4.78, 5) is 2.45. The highest BCUT2D eigenvalue weighted by atomic mass is 16.5. The Labute approximate surface area is 165 Å². The second-order valence-corrected chi connectivity index (χ2v) is 7.54. The molecule has 0 aromatic heterocycles. The molecule has 0 bridgehead atoms. The van der Waals surface area contributed by atoms with Gasteiger partial charge in [0.2, 0.25) is 0 Å². The lowest BCUT2D eigenvalue weighted by Gasteiger charge is -2.46. The molecule has 2 heterocycles. The molecule has 0 spiro atoms. The zero-order valence-corrected chi connectivity index (χ0v) is 16.8. The third-order valence-corrected chi connectivity index (χ3v) is 6.20. The van der Waals surface area contributed by atoms with E-state index in [0.717, 1.165) is 47.4 Å². The highest BCUT2D eigenvalue weighted by Gasteiger charge is 2.39. The SMILES string of the molecule is COc1cc2c(cc1O)C1Cc3c(CO)c(OC)cc(OC)c3CN1[C@@H](C)C2. The Morgan fingerprint density at radius 2 is 1.68 bits per heavy atom. The van der Waals surface area contributed by atoms with E-state index in [9.17, 15) is 10.2 Å². The molecule has 2 aliphatic heterocycles. The van der Waals surface area contributed by atoms with E-state index >= 15 is 0 Å². The van der Waals surface area contributed by atoms with Crippen molar-refractivity contribution >= 4 is 0 Å². The first-order chi connectivity index (χ1) is 13.5. The van der Waals surface area contributed by atoms with Crippen LogP contribution in [0.3, 0.4) is 0 Å². The lowest BCUT2D eigenvalue weighted by molar-refractivity contribution is 0.103. The highest BCUT2D eigenvalue weighted by Crippen LogP contribution is 2.47. The van der Waals surface area contributed by atoms with Gasteiger partial charge in [-0.25, -0.2) is 0 Å². The number of rotatable bonds is 4. The van der Waals surface area contributed by atoms with Gasteiger partial charge in [-0.1, -0.05) is 0 Å². The van der Waals surface area contributed by atoms with Crippen LogP contribution in [-0.2, 0) is 26.0 Å². The predicted molar refractivity (Wildman–Crippen MR) is 105 cm³/mol. The molecule has 2 N–H and O–H groups in total. The van der Waals surface area contributed by atoms with Gasteiger partial charge >= 0.3 is 0 Å². The van der Waals surface area contributed by atoms with Crippen molar-refractivity contribution in [1.29, 1.82) is 0 Å². The number of nitrogens with zero attached hydrogens (tertiary/aromatic N) is 1. The van der Waals surface area contributed by atoms with E-state index in [2.05, 4.69) is 11.8 Å². The van der Waals surface area contributed by atoms with E-state index in [0.29, 0.717) is 17.5 Å². The van der Waals surface area contributed by atoms with Crippen LogP contribution >= 0.6 is 0 Å². The summed E-state index contributed by atoms with van der Waals surface area (Å²) in [5.74, 6) is 2.11. The Kier molecular flexibility index (Phi) is 4.85. The molecule has 2 atom stereocenters. The van der Waals surface area contributed by atoms with Gasteiger partial charge in [-0.05, 0) is 48.6 Å². The van der Waals surface area contributed by atoms with Crippen molar-refractivity contribution in [2.75, 3.05) is 21.3 Å². The zero-order chi connectivity index (χ0) is 20.0. The van der Waals surface area contributed by atoms with Crippen LogP contribution in [-0.4, -0.2) is 42.5 Å². The Balaban J connectivity index is 1.87. The van der Waals surface area contributed by atoms with Crippen LogP contribution in [0.25, 0.3) is 0 Å². The summed E-state index contributed by atoms with van der Waals surface area (Å²) >= 11 is 0. The number of benzene rings is 2. The van der Waals surface area contributed by atoms with Gasteiger partial charge in [0.25, 0.3) is 0 Å². The quantitative estimate of drug-likeness (QED) is 0.843. The van der Waals surface area contributed by atoms with Crippen molar-refractivity contribution in [2.45, 2.75) is 45.0 Å². The topological polar surface area (TPSA) is 71.4 Å². The molecule has 28 heavy (non-hydrogen) atoms. The lowest BCUT2D eigenvalue weighted by Crippen LogP contribution is -2.45. The van der Waals surface area contributed by atoms with Gasteiger partial charge in [0, 0.05) is 35.8 Å². The van der Waals surface area contributed by atoms with Gasteiger partial charge in [-0.2, -0.15) is 0 Å². The van der Waals surface area contributed by atoms with Gasteiger partial charge in [-0.15, -0.1) is 0 Å². The summed E-state index contributed by atoms with van der Waals surface area (Å²) in [6.07, 6.45) is 1.62. The van der Waals surface area contributed by atoms with Crippen molar-refractivity contribution in [1.82, 2.24) is 4.90 Å². The van der Waals surface area contributed by atoms with E-state index < -0.39 is 0 Å². The molecule has 0 amide bonds. The predicted octanol–water partition coefficient (Wildman–Crippen LogP) is 2.95. The maximum Gasteiger partial charge on any atom is 0.160 e. The van der Waals surface area contributed by atoms with Gasteiger partial charge < -0.3 is 24.4 Å². The fraction of sp³-hybridized carbons (Fsp3) is 0.455. The molecule has 0 radical (unpaired) electrons. The number of hydrogen-bond donors (Lipinski definition) is 2. The number of phenols is 1. The lowest BCUT2D eigenvalue weighted by atomic mass is 9.79. The molecular formula is C22H27NO5.